The van der Waals surface area contributed by atoms with Gasteiger partial charge in [0.25, 0.3) is 5.91 Å². The van der Waals surface area contributed by atoms with Crippen LogP contribution >= 0.6 is 11.3 Å². The largest absolute Gasteiger partial charge is 0.390 e. The Kier molecular flexibility index (Phi) is 4.32. The van der Waals surface area contributed by atoms with Crippen molar-refractivity contribution in [3.05, 3.63) is 51.9 Å². The van der Waals surface area contributed by atoms with E-state index in [0.717, 1.165) is 16.0 Å². The minimum atomic E-state index is -0.628. The van der Waals surface area contributed by atoms with Crippen molar-refractivity contribution in [2.75, 3.05) is 12.3 Å². The highest BCUT2D eigenvalue weighted by molar-refractivity contribution is 7.16. The molecule has 1 aliphatic rings. The molecule has 2 aromatic rings. The van der Waals surface area contributed by atoms with Crippen LogP contribution in [0.2, 0.25) is 0 Å². The zero-order valence-electron chi connectivity index (χ0n) is 13.6. The van der Waals surface area contributed by atoms with Gasteiger partial charge < -0.3 is 16.8 Å². The minimum Gasteiger partial charge on any atom is -0.390 e. The van der Waals surface area contributed by atoms with Gasteiger partial charge in [0.15, 0.2) is 0 Å². The highest BCUT2D eigenvalue weighted by Gasteiger charge is 2.44. The molecular formula is C18H21N3O2S. The molecule has 0 radical (unpaired) electrons. The van der Waals surface area contributed by atoms with Gasteiger partial charge in [-0.15, -0.1) is 11.3 Å². The number of amides is 2. The predicted molar refractivity (Wildman–Crippen MR) is 96.1 cm³/mol. The monoisotopic (exact) mass is 343 g/mol. The second-order valence-electron chi connectivity index (χ2n) is 6.09. The van der Waals surface area contributed by atoms with Crippen LogP contribution in [0.3, 0.4) is 0 Å². The summed E-state index contributed by atoms with van der Waals surface area (Å²) in [6.45, 7) is 2.50. The third-order valence-corrected chi connectivity index (χ3v) is 5.79. The van der Waals surface area contributed by atoms with Crippen LogP contribution in [0, 0.1) is 0 Å². The van der Waals surface area contributed by atoms with Gasteiger partial charge in [-0.05, 0) is 30.9 Å². The van der Waals surface area contributed by atoms with Crippen molar-refractivity contribution in [1.82, 2.24) is 5.32 Å². The summed E-state index contributed by atoms with van der Waals surface area (Å²) in [6.07, 6.45) is 1.79. The smallest absolute Gasteiger partial charge is 0.251 e. The Hall–Kier alpha value is -2.34. The number of rotatable bonds is 4. The highest BCUT2D eigenvalue weighted by Crippen LogP contribution is 2.44. The number of carbonyl (C=O) groups is 2. The number of hydrogen-bond donors (Lipinski definition) is 3. The van der Waals surface area contributed by atoms with Gasteiger partial charge in [-0.1, -0.05) is 30.3 Å². The molecule has 1 aliphatic carbocycles. The molecule has 0 saturated carbocycles. The van der Waals surface area contributed by atoms with Crippen LogP contribution in [0.4, 0.5) is 5.00 Å². The topological polar surface area (TPSA) is 98.2 Å². The summed E-state index contributed by atoms with van der Waals surface area (Å²) in [5, 5.41) is 3.42. The van der Waals surface area contributed by atoms with Crippen molar-refractivity contribution in [3.8, 4) is 0 Å². The Labute approximate surface area is 145 Å². The maximum absolute atomic E-state index is 12.9. The van der Waals surface area contributed by atoms with Gasteiger partial charge in [0.2, 0.25) is 5.91 Å². The van der Waals surface area contributed by atoms with E-state index in [0.29, 0.717) is 36.4 Å². The van der Waals surface area contributed by atoms with Crippen molar-refractivity contribution in [3.63, 3.8) is 0 Å². The molecule has 1 unspecified atom stereocenters. The number of primary amides is 1. The van der Waals surface area contributed by atoms with Gasteiger partial charge in [-0.2, -0.15) is 0 Å². The Balaban J connectivity index is 2.09. The van der Waals surface area contributed by atoms with E-state index in [-0.39, 0.29) is 5.91 Å². The molecule has 1 aromatic heterocycles. The molecule has 0 bridgehead atoms. The number of anilines is 1. The standard InChI is InChI=1S/C18H21N3O2S/c1-2-21-17(23)18(11-6-4-3-5-7-11)9-8-12-13(10-18)24-16(20)14(12)15(19)22/h3-7H,2,8-10,20H2,1H3,(H2,19,22)(H,21,23). The molecule has 0 spiro atoms. The molecule has 0 fully saturated rings. The minimum absolute atomic E-state index is 0.0226. The second kappa shape index (κ2) is 6.28. The van der Waals surface area contributed by atoms with Crippen LogP contribution in [0.25, 0.3) is 0 Å². The van der Waals surface area contributed by atoms with Gasteiger partial charge >= 0.3 is 0 Å². The summed E-state index contributed by atoms with van der Waals surface area (Å²) in [4.78, 5) is 25.6. The zero-order valence-corrected chi connectivity index (χ0v) is 14.4. The lowest BCUT2D eigenvalue weighted by Crippen LogP contribution is -2.48. The van der Waals surface area contributed by atoms with Crippen LogP contribution in [0.15, 0.2) is 30.3 Å². The lowest BCUT2D eigenvalue weighted by atomic mass is 9.68. The van der Waals surface area contributed by atoms with Gasteiger partial charge in [0.05, 0.1) is 16.0 Å². The van der Waals surface area contributed by atoms with E-state index in [2.05, 4.69) is 5.32 Å². The van der Waals surface area contributed by atoms with Gasteiger partial charge in [0, 0.05) is 17.8 Å². The Morgan fingerprint density at radius 3 is 2.62 bits per heavy atom. The van der Waals surface area contributed by atoms with Crippen LogP contribution in [0.5, 0.6) is 0 Å². The Morgan fingerprint density at radius 2 is 2.00 bits per heavy atom. The van der Waals surface area contributed by atoms with Crippen molar-refractivity contribution < 1.29 is 9.59 Å². The summed E-state index contributed by atoms with van der Waals surface area (Å²) < 4.78 is 0. The van der Waals surface area contributed by atoms with E-state index in [4.69, 9.17) is 11.5 Å². The number of hydrogen-bond acceptors (Lipinski definition) is 4. The average molecular weight is 343 g/mol. The first-order valence-electron chi connectivity index (χ1n) is 8.03. The van der Waals surface area contributed by atoms with Crippen LogP contribution < -0.4 is 16.8 Å². The fourth-order valence-electron chi connectivity index (χ4n) is 3.57. The Bertz CT molecular complexity index is 785. The lowest BCUT2D eigenvalue weighted by molar-refractivity contribution is -0.127. The van der Waals surface area contributed by atoms with Crippen molar-refractivity contribution in [2.24, 2.45) is 5.73 Å². The molecule has 1 atom stereocenters. The zero-order chi connectivity index (χ0) is 17.3. The molecule has 126 valence electrons. The molecule has 2 amide bonds. The number of nitrogens with two attached hydrogens (primary N) is 2. The summed E-state index contributed by atoms with van der Waals surface area (Å²) in [5.41, 5.74) is 13.2. The lowest BCUT2D eigenvalue weighted by Gasteiger charge is -2.36. The van der Waals surface area contributed by atoms with Crippen LogP contribution in [-0.2, 0) is 23.1 Å². The highest BCUT2D eigenvalue weighted by atomic mass is 32.1. The number of nitrogens with one attached hydrogen (secondary N) is 1. The molecular weight excluding hydrogens is 322 g/mol. The number of carbonyl (C=O) groups excluding carboxylic acids is 2. The van der Waals surface area contributed by atoms with E-state index in [9.17, 15) is 9.59 Å². The van der Waals surface area contributed by atoms with Crippen molar-refractivity contribution in [2.45, 2.75) is 31.6 Å². The molecule has 24 heavy (non-hydrogen) atoms. The maximum atomic E-state index is 12.9. The first-order chi connectivity index (χ1) is 11.5. The number of nitrogen functional groups attached to an aromatic ring is 1. The third kappa shape index (κ3) is 2.57. The molecule has 1 heterocycles. The normalized spacial score (nSPS) is 19.5. The average Bonchev–Trinajstić information content (AvgIpc) is 2.90. The van der Waals surface area contributed by atoms with E-state index in [1.165, 1.54) is 11.3 Å². The van der Waals surface area contributed by atoms with Gasteiger partial charge in [-0.3, -0.25) is 9.59 Å². The quantitative estimate of drug-likeness (QED) is 0.792. The van der Waals surface area contributed by atoms with E-state index in [1.54, 1.807) is 0 Å². The first-order valence-corrected chi connectivity index (χ1v) is 8.85. The fraction of sp³-hybridized carbons (Fsp3) is 0.333. The van der Waals surface area contributed by atoms with Gasteiger partial charge in [-0.25, -0.2) is 0 Å². The first kappa shape index (κ1) is 16.5. The number of thiophene rings is 1. The summed E-state index contributed by atoms with van der Waals surface area (Å²) in [6, 6.07) is 9.82. The maximum Gasteiger partial charge on any atom is 0.251 e. The molecule has 5 N–H and O–H groups in total. The fourth-order valence-corrected chi connectivity index (χ4v) is 4.81. The predicted octanol–water partition coefficient (Wildman–Crippen LogP) is 1.99. The molecule has 0 saturated heterocycles. The van der Waals surface area contributed by atoms with E-state index >= 15 is 0 Å². The number of likely N-dealkylation sites (N-methyl/N-ethyl adjacent to an activating group) is 1. The molecule has 3 rings (SSSR count). The molecule has 0 aliphatic heterocycles. The van der Waals surface area contributed by atoms with E-state index in [1.807, 2.05) is 37.3 Å². The molecule has 6 heteroatoms. The molecule has 1 aromatic carbocycles. The van der Waals surface area contributed by atoms with E-state index < -0.39 is 11.3 Å². The molecule has 5 nitrogen and oxygen atoms in total. The van der Waals surface area contributed by atoms with Crippen LogP contribution in [0.1, 0.15) is 39.7 Å². The van der Waals surface area contributed by atoms with Crippen LogP contribution in [-0.4, -0.2) is 18.4 Å². The summed E-state index contributed by atoms with van der Waals surface area (Å²) in [5.74, 6) is -0.468. The SMILES string of the molecule is CCNC(=O)C1(c2ccccc2)CCc2c(sc(N)c2C(N)=O)C1. The number of fused-ring (bicyclic) bond motifs is 1. The van der Waals surface area contributed by atoms with Crippen molar-refractivity contribution in [1.29, 1.82) is 0 Å². The van der Waals surface area contributed by atoms with Crippen molar-refractivity contribution >= 4 is 28.2 Å². The second-order valence-corrected chi connectivity index (χ2v) is 7.23. The summed E-state index contributed by atoms with van der Waals surface area (Å²) >= 11 is 1.37. The summed E-state index contributed by atoms with van der Waals surface area (Å²) in [7, 11) is 0. The Morgan fingerprint density at radius 1 is 1.29 bits per heavy atom. The number of benzene rings is 1. The third-order valence-electron chi connectivity index (χ3n) is 4.73. The van der Waals surface area contributed by atoms with Gasteiger partial charge in [0.1, 0.15) is 0 Å².